The fraction of sp³-hybridized carbons (Fsp3) is 0.400. The molecule has 0 aliphatic carbocycles. The summed E-state index contributed by atoms with van der Waals surface area (Å²) in [4.78, 5) is 33.9. The second-order valence-electron chi connectivity index (χ2n) is 3.68. The highest BCUT2D eigenvalue weighted by molar-refractivity contribution is 9.10. The molecule has 1 amide bonds. The number of esters is 1. The highest BCUT2D eigenvalue weighted by Gasteiger charge is 2.15. The van der Waals surface area contributed by atoms with E-state index in [1.54, 1.807) is 6.92 Å². The van der Waals surface area contributed by atoms with Gasteiger partial charge in [0.05, 0.1) is 19.0 Å². The predicted octanol–water partition coefficient (Wildman–Crippen LogP) is -0.535. The standard InChI is InChI=1S/C10H13BrN4O4/c1-5(9(12)17)14-6-3-13-15(4-7(16)19-2)10(18)8(6)11/h3,5,14H,4H2,1-2H3,(H2,12,17). The van der Waals surface area contributed by atoms with Crippen molar-refractivity contribution in [1.29, 1.82) is 0 Å². The van der Waals surface area contributed by atoms with Gasteiger partial charge in [0, 0.05) is 0 Å². The monoisotopic (exact) mass is 332 g/mol. The first kappa shape index (κ1) is 15.2. The lowest BCUT2D eigenvalue weighted by molar-refractivity contribution is -0.141. The number of carbonyl (C=O) groups excluding carboxylic acids is 2. The molecule has 0 saturated carbocycles. The van der Waals surface area contributed by atoms with E-state index in [2.05, 4.69) is 31.1 Å². The molecule has 0 saturated heterocycles. The zero-order valence-corrected chi connectivity index (χ0v) is 11.9. The summed E-state index contributed by atoms with van der Waals surface area (Å²) in [5.41, 5.74) is 4.90. The maximum absolute atomic E-state index is 11.9. The first-order chi connectivity index (χ1) is 8.86. The lowest BCUT2D eigenvalue weighted by Gasteiger charge is -2.13. The lowest BCUT2D eigenvalue weighted by atomic mass is 10.3. The van der Waals surface area contributed by atoms with Gasteiger partial charge in [-0.1, -0.05) is 0 Å². The Balaban J connectivity index is 3.01. The van der Waals surface area contributed by atoms with Gasteiger partial charge in [0.2, 0.25) is 5.91 Å². The molecule has 1 heterocycles. The normalized spacial score (nSPS) is 11.7. The number of ether oxygens (including phenoxy) is 1. The van der Waals surface area contributed by atoms with Crippen LogP contribution in [0.2, 0.25) is 0 Å². The summed E-state index contributed by atoms with van der Waals surface area (Å²) >= 11 is 3.08. The number of halogens is 1. The second-order valence-corrected chi connectivity index (χ2v) is 4.47. The SMILES string of the molecule is COC(=O)Cn1ncc(NC(C)C(N)=O)c(Br)c1=O. The van der Waals surface area contributed by atoms with Gasteiger partial charge in [0.25, 0.3) is 5.56 Å². The van der Waals surface area contributed by atoms with Crippen LogP contribution in [0.1, 0.15) is 6.92 Å². The number of methoxy groups -OCH3 is 1. The van der Waals surface area contributed by atoms with Crippen molar-refractivity contribution in [3.05, 3.63) is 21.0 Å². The number of hydrogen-bond donors (Lipinski definition) is 2. The number of carbonyl (C=O) groups is 2. The van der Waals surface area contributed by atoms with E-state index < -0.39 is 23.5 Å². The van der Waals surface area contributed by atoms with Crippen molar-refractivity contribution in [3.63, 3.8) is 0 Å². The highest BCUT2D eigenvalue weighted by atomic mass is 79.9. The van der Waals surface area contributed by atoms with Crippen LogP contribution in [-0.4, -0.2) is 34.8 Å². The molecule has 0 radical (unpaired) electrons. The molecule has 1 atom stereocenters. The molecule has 0 aliphatic heterocycles. The molecule has 0 aromatic carbocycles. The molecule has 1 unspecified atom stereocenters. The lowest BCUT2D eigenvalue weighted by Crippen LogP contribution is -2.34. The van der Waals surface area contributed by atoms with E-state index >= 15 is 0 Å². The summed E-state index contributed by atoms with van der Waals surface area (Å²) in [5, 5.41) is 6.53. The highest BCUT2D eigenvalue weighted by Crippen LogP contribution is 2.16. The van der Waals surface area contributed by atoms with Crippen molar-refractivity contribution in [1.82, 2.24) is 9.78 Å². The topological polar surface area (TPSA) is 116 Å². The Morgan fingerprint density at radius 2 is 2.26 bits per heavy atom. The van der Waals surface area contributed by atoms with Crippen molar-refractivity contribution < 1.29 is 14.3 Å². The molecule has 0 spiro atoms. The summed E-state index contributed by atoms with van der Waals surface area (Å²) in [7, 11) is 1.22. The van der Waals surface area contributed by atoms with Gasteiger partial charge in [-0.05, 0) is 22.9 Å². The third kappa shape index (κ3) is 3.78. The van der Waals surface area contributed by atoms with E-state index in [1.165, 1.54) is 13.3 Å². The number of hydrogen-bond acceptors (Lipinski definition) is 6. The van der Waals surface area contributed by atoms with Gasteiger partial charge in [-0.2, -0.15) is 5.10 Å². The van der Waals surface area contributed by atoms with Crippen molar-refractivity contribution in [3.8, 4) is 0 Å². The van der Waals surface area contributed by atoms with Crippen LogP contribution < -0.4 is 16.6 Å². The average molecular weight is 333 g/mol. The number of nitrogens with two attached hydrogens (primary N) is 1. The summed E-state index contributed by atoms with van der Waals surface area (Å²) < 4.78 is 5.54. The second kappa shape index (κ2) is 6.32. The van der Waals surface area contributed by atoms with Gasteiger partial charge < -0.3 is 15.8 Å². The maximum atomic E-state index is 11.9. The largest absolute Gasteiger partial charge is 0.468 e. The Labute approximate surface area is 117 Å². The Hall–Kier alpha value is -1.90. The van der Waals surface area contributed by atoms with E-state index in [0.717, 1.165) is 4.68 Å². The van der Waals surface area contributed by atoms with Crippen LogP contribution in [0.5, 0.6) is 0 Å². The van der Waals surface area contributed by atoms with Crippen molar-refractivity contribution in [2.75, 3.05) is 12.4 Å². The molecule has 8 nitrogen and oxygen atoms in total. The Bertz CT molecular complexity index is 557. The van der Waals surface area contributed by atoms with E-state index in [0.29, 0.717) is 5.69 Å². The first-order valence-electron chi connectivity index (χ1n) is 5.25. The first-order valence-corrected chi connectivity index (χ1v) is 6.04. The van der Waals surface area contributed by atoms with Crippen molar-refractivity contribution >= 4 is 33.5 Å². The molecule has 19 heavy (non-hydrogen) atoms. The summed E-state index contributed by atoms with van der Waals surface area (Å²) in [6.07, 6.45) is 1.31. The zero-order valence-electron chi connectivity index (χ0n) is 10.3. The van der Waals surface area contributed by atoms with E-state index in [-0.39, 0.29) is 11.0 Å². The van der Waals surface area contributed by atoms with Crippen LogP contribution in [0.3, 0.4) is 0 Å². The summed E-state index contributed by atoms with van der Waals surface area (Å²) in [6.45, 7) is 1.26. The van der Waals surface area contributed by atoms with E-state index in [4.69, 9.17) is 5.73 Å². The van der Waals surface area contributed by atoms with Crippen LogP contribution in [0.4, 0.5) is 5.69 Å². The molecular weight excluding hydrogens is 320 g/mol. The Kier molecular flexibility index (Phi) is 5.04. The van der Waals surface area contributed by atoms with Gasteiger partial charge in [-0.25, -0.2) is 4.68 Å². The minimum absolute atomic E-state index is 0.152. The smallest absolute Gasteiger partial charge is 0.327 e. The average Bonchev–Trinajstić information content (AvgIpc) is 2.37. The van der Waals surface area contributed by atoms with Gasteiger partial charge in [-0.15, -0.1) is 0 Å². The molecule has 0 fully saturated rings. The summed E-state index contributed by atoms with van der Waals surface area (Å²) in [6, 6.07) is -0.658. The fourth-order valence-corrected chi connectivity index (χ4v) is 1.59. The van der Waals surface area contributed by atoms with Gasteiger partial charge >= 0.3 is 5.97 Å². The number of anilines is 1. The zero-order chi connectivity index (χ0) is 14.6. The molecule has 1 aromatic rings. The van der Waals surface area contributed by atoms with Gasteiger partial charge in [0.1, 0.15) is 17.1 Å². The Morgan fingerprint density at radius 1 is 1.63 bits per heavy atom. The number of amides is 1. The molecule has 1 aromatic heterocycles. The number of rotatable bonds is 5. The van der Waals surface area contributed by atoms with Gasteiger partial charge in [-0.3, -0.25) is 14.4 Å². The Morgan fingerprint density at radius 3 is 2.79 bits per heavy atom. The molecular formula is C10H13BrN4O4. The molecule has 104 valence electrons. The third-order valence-corrected chi connectivity index (χ3v) is 3.06. The van der Waals surface area contributed by atoms with Crippen molar-refractivity contribution in [2.24, 2.45) is 5.73 Å². The molecule has 3 N–H and O–H groups in total. The molecule has 9 heteroatoms. The molecule has 0 bridgehead atoms. The minimum Gasteiger partial charge on any atom is -0.468 e. The van der Waals surface area contributed by atoms with Crippen molar-refractivity contribution in [2.45, 2.75) is 19.5 Å². The third-order valence-electron chi connectivity index (χ3n) is 2.29. The van der Waals surface area contributed by atoms with E-state index in [1.807, 2.05) is 0 Å². The molecule has 1 rings (SSSR count). The number of nitrogens with one attached hydrogen (secondary N) is 1. The minimum atomic E-state index is -0.658. The number of primary amides is 1. The number of nitrogens with zero attached hydrogens (tertiary/aromatic N) is 2. The van der Waals surface area contributed by atoms with Crippen LogP contribution in [0.15, 0.2) is 15.5 Å². The van der Waals surface area contributed by atoms with E-state index in [9.17, 15) is 14.4 Å². The van der Waals surface area contributed by atoms with Crippen LogP contribution in [0.25, 0.3) is 0 Å². The fourth-order valence-electron chi connectivity index (χ4n) is 1.17. The predicted molar refractivity (Wildman–Crippen MR) is 70.5 cm³/mol. The maximum Gasteiger partial charge on any atom is 0.327 e. The summed E-state index contributed by atoms with van der Waals surface area (Å²) in [5.74, 6) is -1.15. The van der Waals surface area contributed by atoms with Crippen LogP contribution >= 0.6 is 15.9 Å². The quantitative estimate of drug-likeness (QED) is 0.700. The van der Waals surface area contributed by atoms with Crippen LogP contribution in [0, 0.1) is 0 Å². The van der Waals surface area contributed by atoms with Gasteiger partial charge in [0.15, 0.2) is 0 Å². The number of aromatic nitrogens is 2. The van der Waals surface area contributed by atoms with Crippen LogP contribution in [-0.2, 0) is 20.9 Å². The molecule has 0 aliphatic rings.